The molecule has 0 aliphatic rings. The van der Waals surface area contributed by atoms with E-state index in [1.54, 1.807) is 26.0 Å². The fourth-order valence-electron chi connectivity index (χ4n) is 3.47. The largest absolute Gasteiger partial charge is 0.416 e. The van der Waals surface area contributed by atoms with Crippen molar-refractivity contribution >= 4 is 39.1 Å². The van der Waals surface area contributed by atoms with Crippen molar-refractivity contribution in [3.8, 4) is 0 Å². The topological polar surface area (TPSA) is 86.8 Å². The van der Waals surface area contributed by atoms with E-state index in [1.165, 1.54) is 11.8 Å². The van der Waals surface area contributed by atoms with Crippen LogP contribution >= 0.6 is 11.6 Å². The van der Waals surface area contributed by atoms with Crippen molar-refractivity contribution in [3.63, 3.8) is 0 Å². The Hall–Kier alpha value is -2.79. The van der Waals surface area contributed by atoms with E-state index < -0.39 is 51.9 Å². The van der Waals surface area contributed by atoms with E-state index in [4.69, 9.17) is 11.6 Å². The highest BCUT2D eigenvalue weighted by atomic mass is 35.5. The van der Waals surface area contributed by atoms with Crippen molar-refractivity contribution in [1.82, 2.24) is 10.2 Å². The monoisotopic (exact) mass is 547 g/mol. The van der Waals surface area contributed by atoms with Crippen LogP contribution < -0.4 is 9.62 Å². The average molecular weight is 548 g/mol. The molecule has 0 saturated heterocycles. The van der Waals surface area contributed by atoms with Crippen LogP contribution in [0.2, 0.25) is 5.02 Å². The minimum atomic E-state index is -4.76. The van der Waals surface area contributed by atoms with Gasteiger partial charge in [0.15, 0.2) is 0 Å². The standard InChI is InChI=1S/C24H29ClF3N3O4S/c1-15(2)29-23(33)17(4)30(13-18-8-6-7-16(3)11-18)22(32)14-31(36(5,34)35)21-12-19(24(26,27)28)9-10-20(21)25/h6-12,15,17H,13-14H2,1-5H3,(H,29,33)/t17-/m0/s1. The van der Waals surface area contributed by atoms with Gasteiger partial charge in [-0.1, -0.05) is 41.4 Å². The van der Waals surface area contributed by atoms with E-state index in [0.29, 0.717) is 15.9 Å². The third-order valence-corrected chi connectivity index (χ3v) is 6.70. The Morgan fingerprint density at radius 3 is 2.25 bits per heavy atom. The molecule has 0 saturated carbocycles. The Morgan fingerprint density at radius 1 is 1.08 bits per heavy atom. The third kappa shape index (κ3) is 7.86. The van der Waals surface area contributed by atoms with Gasteiger partial charge in [-0.25, -0.2) is 8.42 Å². The highest BCUT2D eigenvalue weighted by molar-refractivity contribution is 7.92. The van der Waals surface area contributed by atoms with Crippen molar-refractivity contribution in [3.05, 3.63) is 64.2 Å². The molecular weight excluding hydrogens is 519 g/mol. The van der Waals surface area contributed by atoms with Gasteiger partial charge >= 0.3 is 6.18 Å². The van der Waals surface area contributed by atoms with Crippen LogP contribution in [0.1, 0.15) is 37.5 Å². The summed E-state index contributed by atoms with van der Waals surface area (Å²) in [5.74, 6) is -1.25. The van der Waals surface area contributed by atoms with Crippen molar-refractivity contribution in [2.75, 3.05) is 17.1 Å². The van der Waals surface area contributed by atoms with Crippen LogP contribution in [0.15, 0.2) is 42.5 Å². The number of carbonyl (C=O) groups is 2. The lowest BCUT2D eigenvalue weighted by Gasteiger charge is -2.32. The van der Waals surface area contributed by atoms with Gasteiger partial charge in [0.2, 0.25) is 21.8 Å². The van der Waals surface area contributed by atoms with E-state index in [9.17, 15) is 31.2 Å². The number of sulfonamides is 1. The van der Waals surface area contributed by atoms with Crippen LogP contribution in [0, 0.1) is 6.92 Å². The molecule has 0 aromatic heterocycles. The molecule has 0 unspecified atom stereocenters. The van der Waals surface area contributed by atoms with Crippen LogP contribution in [0.3, 0.4) is 0 Å². The summed E-state index contributed by atoms with van der Waals surface area (Å²) in [7, 11) is -4.24. The number of nitrogens with one attached hydrogen (secondary N) is 1. The summed E-state index contributed by atoms with van der Waals surface area (Å²) < 4.78 is 65.6. The summed E-state index contributed by atoms with van der Waals surface area (Å²) in [4.78, 5) is 27.4. The summed E-state index contributed by atoms with van der Waals surface area (Å²) in [6.07, 6.45) is -4.00. The van der Waals surface area contributed by atoms with Crippen molar-refractivity contribution in [2.45, 2.75) is 52.5 Å². The van der Waals surface area contributed by atoms with Crippen molar-refractivity contribution in [2.24, 2.45) is 0 Å². The minimum Gasteiger partial charge on any atom is -0.352 e. The number of rotatable bonds is 9. The number of aryl methyl sites for hydroxylation is 1. The predicted octanol–water partition coefficient (Wildman–Crippen LogP) is 4.38. The second-order valence-corrected chi connectivity index (χ2v) is 11.1. The zero-order chi connectivity index (χ0) is 27.4. The Labute approximate surface area is 214 Å². The molecule has 0 aliphatic heterocycles. The number of halogens is 4. The number of nitrogens with zero attached hydrogens (tertiary/aromatic N) is 2. The average Bonchev–Trinajstić information content (AvgIpc) is 2.73. The van der Waals surface area contributed by atoms with Gasteiger partial charge in [-0.15, -0.1) is 0 Å². The molecule has 1 N–H and O–H groups in total. The molecule has 36 heavy (non-hydrogen) atoms. The number of carbonyl (C=O) groups excluding carboxylic acids is 2. The quantitative estimate of drug-likeness (QED) is 0.505. The van der Waals surface area contributed by atoms with Gasteiger partial charge in [0, 0.05) is 12.6 Å². The number of alkyl halides is 3. The molecule has 2 aromatic carbocycles. The maximum Gasteiger partial charge on any atom is 0.416 e. The molecule has 0 aliphatic carbocycles. The van der Waals surface area contributed by atoms with Crippen LogP contribution in [0.4, 0.5) is 18.9 Å². The van der Waals surface area contributed by atoms with Gasteiger partial charge in [0.25, 0.3) is 0 Å². The summed E-state index contributed by atoms with van der Waals surface area (Å²) in [6.45, 7) is 5.96. The molecule has 0 spiro atoms. The SMILES string of the molecule is Cc1cccc(CN(C(=O)CN(c2cc(C(F)(F)F)ccc2Cl)S(C)(=O)=O)[C@@H](C)C(=O)NC(C)C)c1. The summed E-state index contributed by atoms with van der Waals surface area (Å²) in [6, 6.07) is 8.19. The minimum absolute atomic E-state index is 0.0267. The van der Waals surface area contributed by atoms with Crippen LogP contribution in [-0.4, -0.2) is 50.0 Å². The van der Waals surface area contributed by atoms with Gasteiger partial charge in [0.1, 0.15) is 12.6 Å². The second-order valence-electron chi connectivity index (χ2n) is 8.78. The van der Waals surface area contributed by atoms with Crippen molar-refractivity contribution < 1.29 is 31.2 Å². The van der Waals surface area contributed by atoms with Gasteiger partial charge in [-0.2, -0.15) is 13.2 Å². The zero-order valence-corrected chi connectivity index (χ0v) is 22.1. The first-order chi connectivity index (χ1) is 16.5. The van der Waals surface area contributed by atoms with Crippen LogP contribution in [0.25, 0.3) is 0 Å². The second kappa shape index (κ2) is 11.5. The lowest BCUT2D eigenvalue weighted by atomic mass is 10.1. The van der Waals surface area contributed by atoms with Crippen LogP contribution in [-0.2, 0) is 32.3 Å². The Morgan fingerprint density at radius 2 is 1.72 bits per heavy atom. The molecule has 7 nitrogen and oxygen atoms in total. The molecular formula is C24H29ClF3N3O4S. The molecule has 0 heterocycles. The van der Waals surface area contributed by atoms with Crippen molar-refractivity contribution in [1.29, 1.82) is 0 Å². The highest BCUT2D eigenvalue weighted by Crippen LogP contribution is 2.36. The molecule has 0 fully saturated rings. The smallest absolute Gasteiger partial charge is 0.352 e. The molecule has 12 heteroatoms. The lowest BCUT2D eigenvalue weighted by molar-refractivity contribution is -0.139. The predicted molar refractivity (Wildman–Crippen MR) is 133 cm³/mol. The number of hydrogen-bond donors (Lipinski definition) is 1. The number of hydrogen-bond acceptors (Lipinski definition) is 4. The molecule has 1 atom stereocenters. The summed E-state index contributed by atoms with van der Waals surface area (Å²) in [5, 5.41) is 2.43. The van der Waals surface area contributed by atoms with E-state index in [-0.39, 0.29) is 17.6 Å². The molecule has 0 radical (unpaired) electrons. The normalized spacial score (nSPS) is 12.8. The fourth-order valence-corrected chi connectivity index (χ4v) is 4.59. The molecule has 2 rings (SSSR count). The Balaban J connectivity index is 2.50. The molecule has 0 bridgehead atoms. The lowest BCUT2D eigenvalue weighted by Crippen LogP contribution is -2.52. The summed E-state index contributed by atoms with van der Waals surface area (Å²) >= 11 is 6.07. The highest BCUT2D eigenvalue weighted by Gasteiger charge is 2.34. The van der Waals surface area contributed by atoms with Gasteiger partial charge in [-0.05, 0) is 51.5 Å². The zero-order valence-electron chi connectivity index (χ0n) is 20.6. The fraction of sp³-hybridized carbons (Fsp3) is 0.417. The first-order valence-electron chi connectivity index (χ1n) is 11.0. The third-order valence-electron chi connectivity index (χ3n) is 5.25. The Kier molecular flexibility index (Phi) is 9.41. The summed E-state index contributed by atoms with van der Waals surface area (Å²) in [5.41, 5.74) is -0.00956. The van der Waals surface area contributed by atoms with Gasteiger partial charge in [0.05, 0.1) is 22.5 Å². The first-order valence-corrected chi connectivity index (χ1v) is 13.2. The molecule has 2 amide bonds. The Bertz CT molecular complexity index is 1220. The van der Waals surface area contributed by atoms with E-state index in [1.807, 2.05) is 19.1 Å². The maximum atomic E-state index is 13.5. The van der Waals surface area contributed by atoms with E-state index in [0.717, 1.165) is 24.0 Å². The molecule has 2 aromatic rings. The number of amides is 2. The molecule has 198 valence electrons. The maximum absolute atomic E-state index is 13.5. The van der Waals surface area contributed by atoms with Crippen LogP contribution in [0.5, 0.6) is 0 Å². The van der Waals surface area contributed by atoms with E-state index >= 15 is 0 Å². The number of anilines is 1. The number of benzene rings is 2. The van der Waals surface area contributed by atoms with Gasteiger partial charge < -0.3 is 10.2 Å². The van der Waals surface area contributed by atoms with E-state index in [2.05, 4.69) is 5.32 Å². The first kappa shape index (κ1) is 29.4. The van der Waals surface area contributed by atoms with Gasteiger partial charge in [-0.3, -0.25) is 13.9 Å².